The minimum atomic E-state index is -1.81. The summed E-state index contributed by atoms with van der Waals surface area (Å²) in [6, 6.07) is 16.3. The highest BCUT2D eigenvalue weighted by Gasteiger charge is 2.87. The van der Waals surface area contributed by atoms with E-state index in [1.807, 2.05) is 0 Å². The van der Waals surface area contributed by atoms with Crippen molar-refractivity contribution in [1.82, 2.24) is 0 Å². The number of benzene rings is 2. The van der Waals surface area contributed by atoms with E-state index < -0.39 is 71.7 Å². The zero-order valence-electron chi connectivity index (χ0n) is 23.0. The van der Waals surface area contributed by atoms with Gasteiger partial charge < -0.3 is 43.7 Å². The number of esters is 2. The van der Waals surface area contributed by atoms with E-state index in [1.54, 1.807) is 55.5 Å². The highest BCUT2D eigenvalue weighted by molar-refractivity contribution is 5.90. The number of hydrogen-bond acceptors (Lipinski definition) is 12. The fourth-order valence-corrected chi connectivity index (χ4v) is 6.98. The van der Waals surface area contributed by atoms with E-state index in [0.29, 0.717) is 5.56 Å². The summed E-state index contributed by atoms with van der Waals surface area (Å²) in [5.74, 6) is -2.23. The number of carbonyl (C=O) groups is 3. The van der Waals surface area contributed by atoms with Gasteiger partial charge in [-0.15, -0.1) is 0 Å². The second-order valence-corrected chi connectivity index (χ2v) is 11.4. The van der Waals surface area contributed by atoms with Crippen molar-refractivity contribution in [3.8, 4) is 0 Å². The average molecular weight is 585 g/mol. The Hall–Kier alpha value is -3.23. The van der Waals surface area contributed by atoms with Crippen LogP contribution in [0.1, 0.15) is 40.5 Å². The molecule has 224 valence electrons. The van der Waals surface area contributed by atoms with Crippen LogP contribution in [0.15, 0.2) is 60.7 Å². The molecule has 5 aliphatic rings. The van der Waals surface area contributed by atoms with E-state index >= 15 is 0 Å². The first kappa shape index (κ1) is 28.9. The van der Waals surface area contributed by atoms with Crippen LogP contribution in [0.3, 0.4) is 0 Å². The summed E-state index contributed by atoms with van der Waals surface area (Å²) >= 11 is 0. The second-order valence-electron chi connectivity index (χ2n) is 11.4. The Morgan fingerprint density at radius 3 is 2.12 bits per heavy atom. The van der Waals surface area contributed by atoms with Crippen LogP contribution in [0.5, 0.6) is 0 Å². The number of Topliss-reactive ketones (excluding diaryl/α,β-unsaturated/α-hetero) is 1. The predicted molar refractivity (Wildman–Crippen MR) is 140 cm³/mol. The van der Waals surface area contributed by atoms with Gasteiger partial charge in [0.15, 0.2) is 12.6 Å². The van der Waals surface area contributed by atoms with Crippen LogP contribution in [0, 0.1) is 11.3 Å². The zero-order chi connectivity index (χ0) is 29.9. The third-order valence-electron chi connectivity index (χ3n) is 9.15. The lowest BCUT2D eigenvalue weighted by atomic mass is 9.41. The number of carbonyl (C=O) groups excluding carboxylic acids is 3. The van der Waals surface area contributed by atoms with E-state index in [-0.39, 0.29) is 30.8 Å². The summed E-state index contributed by atoms with van der Waals surface area (Å²) in [4.78, 5) is 38.9. The minimum Gasteiger partial charge on any atom is -0.461 e. The number of ether oxygens (including phenoxy) is 6. The largest absolute Gasteiger partial charge is 0.461 e. The van der Waals surface area contributed by atoms with E-state index in [9.17, 15) is 29.7 Å². The van der Waals surface area contributed by atoms with Crippen molar-refractivity contribution in [2.75, 3.05) is 13.7 Å². The predicted octanol–water partition coefficient (Wildman–Crippen LogP) is 0.961. The van der Waals surface area contributed by atoms with Crippen LogP contribution in [-0.4, -0.2) is 95.1 Å². The molecule has 2 heterocycles. The first-order chi connectivity index (χ1) is 20.1. The van der Waals surface area contributed by atoms with Crippen molar-refractivity contribution >= 4 is 17.7 Å². The van der Waals surface area contributed by atoms with Gasteiger partial charge in [-0.1, -0.05) is 36.4 Å². The molecule has 12 heteroatoms. The molecular formula is C30H32O12. The first-order valence-electron chi connectivity index (χ1n) is 13.7. The van der Waals surface area contributed by atoms with Gasteiger partial charge in [-0.25, -0.2) is 9.59 Å². The maximum Gasteiger partial charge on any atom is 0.340 e. The molecule has 2 aliphatic heterocycles. The maximum absolute atomic E-state index is 13.2. The molecule has 0 amide bonds. The molecule has 7 rings (SSSR count). The number of methoxy groups -OCH3 is 1. The number of rotatable bonds is 8. The summed E-state index contributed by atoms with van der Waals surface area (Å²) in [5.41, 5.74) is -3.52. The lowest BCUT2D eigenvalue weighted by Gasteiger charge is -2.66. The van der Waals surface area contributed by atoms with Crippen LogP contribution >= 0.6 is 0 Å². The van der Waals surface area contributed by atoms with Crippen molar-refractivity contribution in [1.29, 1.82) is 0 Å². The number of ketones is 1. The summed E-state index contributed by atoms with van der Waals surface area (Å²) in [5, 5.41) is 32.2. The molecule has 10 atom stereocenters. The molecule has 3 saturated carbocycles. The van der Waals surface area contributed by atoms with E-state index in [2.05, 4.69) is 0 Å². The molecule has 0 unspecified atom stereocenters. The highest BCUT2D eigenvalue weighted by Crippen LogP contribution is 2.74. The molecule has 5 fully saturated rings. The zero-order valence-corrected chi connectivity index (χ0v) is 23.0. The van der Waals surface area contributed by atoms with Gasteiger partial charge in [0.1, 0.15) is 41.9 Å². The van der Waals surface area contributed by atoms with Crippen LogP contribution in [0.4, 0.5) is 0 Å². The quantitative estimate of drug-likeness (QED) is 0.377. The van der Waals surface area contributed by atoms with Gasteiger partial charge in [0.25, 0.3) is 0 Å². The van der Waals surface area contributed by atoms with Gasteiger partial charge in [-0.3, -0.25) is 4.79 Å². The van der Waals surface area contributed by atoms with E-state index in [1.165, 1.54) is 19.2 Å². The van der Waals surface area contributed by atoms with E-state index in [0.717, 1.165) is 0 Å². The third-order valence-corrected chi connectivity index (χ3v) is 9.15. The molecular weight excluding hydrogens is 552 g/mol. The van der Waals surface area contributed by atoms with Crippen molar-refractivity contribution in [3.05, 3.63) is 71.8 Å². The van der Waals surface area contributed by atoms with Crippen LogP contribution < -0.4 is 0 Å². The SMILES string of the molecule is CO[C@H]1O[C@@]2(C)CC(=O)[C@H]3C[C@]2(O[C@@H]2O[C@H](OC(=O)c4ccccc4)[C@@H](O)[C@H](O)[C@H]2O)[C@]13COC(=O)c1ccccc1. The van der Waals surface area contributed by atoms with Crippen molar-refractivity contribution in [3.63, 3.8) is 0 Å². The standard InChI is InChI=1S/C30H32O12/c1-28-14-19(31)18-13-30(28,29(18,27(37-2)42-28)15-38-23(35)16-9-5-3-6-10-16)41-26-22(34)20(32)21(33)25(40-26)39-24(36)17-11-7-4-8-12-17/h3-12,18,20-22,25-27,32-34H,13-15H2,1-2H3/t18-,20+,21+,22-,25+,26+,27+,28+,29+,30-/m1/s1. The van der Waals surface area contributed by atoms with Crippen LogP contribution in [0.25, 0.3) is 0 Å². The Balaban J connectivity index is 1.29. The number of aliphatic hydroxyl groups is 3. The monoisotopic (exact) mass is 584 g/mol. The molecule has 4 bridgehead atoms. The summed E-state index contributed by atoms with van der Waals surface area (Å²) in [7, 11) is 1.40. The second kappa shape index (κ2) is 10.5. The topological polar surface area (TPSA) is 167 Å². The summed E-state index contributed by atoms with van der Waals surface area (Å²) in [6.07, 6.45) is -9.65. The molecule has 0 radical (unpaired) electrons. The molecule has 12 nitrogen and oxygen atoms in total. The van der Waals surface area contributed by atoms with Crippen molar-refractivity contribution < 1.29 is 58.1 Å². The molecule has 0 aromatic heterocycles. The summed E-state index contributed by atoms with van der Waals surface area (Å²) < 4.78 is 35.2. The lowest BCUT2D eigenvalue weighted by molar-refractivity contribution is -0.399. The van der Waals surface area contributed by atoms with Crippen molar-refractivity contribution in [2.45, 2.75) is 68.1 Å². The fraction of sp³-hybridized carbons (Fsp3) is 0.500. The van der Waals surface area contributed by atoms with Gasteiger partial charge in [0.05, 0.1) is 16.5 Å². The Labute approximate surface area is 241 Å². The van der Waals surface area contributed by atoms with Crippen LogP contribution in [0.2, 0.25) is 0 Å². The maximum atomic E-state index is 13.2. The van der Waals surface area contributed by atoms with Gasteiger partial charge in [0.2, 0.25) is 6.29 Å². The minimum absolute atomic E-state index is 0.0493. The molecule has 3 N–H and O–H groups in total. The molecule has 2 aromatic carbocycles. The average Bonchev–Trinajstić information content (AvgIpc) is 3.07. The molecule has 2 saturated heterocycles. The Kier molecular flexibility index (Phi) is 7.21. The molecule has 42 heavy (non-hydrogen) atoms. The Morgan fingerprint density at radius 1 is 0.905 bits per heavy atom. The molecule has 0 spiro atoms. The fourth-order valence-electron chi connectivity index (χ4n) is 6.98. The number of hydrogen-bond donors (Lipinski definition) is 3. The lowest BCUT2D eigenvalue weighted by Crippen LogP contribution is -2.80. The Morgan fingerprint density at radius 2 is 1.50 bits per heavy atom. The number of aliphatic hydroxyl groups excluding tert-OH is 3. The van der Waals surface area contributed by atoms with Gasteiger partial charge >= 0.3 is 11.9 Å². The molecule has 2 aromatic rings. The van der Waals surface area contributed by atoms with Gasteiger partial charge in [-0.05, 0) is 37.6 Å². The first-order valence-corrected chi connectivity index (χ1v) is 13.7. The third kappa shape index (κ3) is 4.13. The smallest absolute Gasteiger partial charge is 0.340 e. The molecule has 3 aliphatic carbocycles. The van der Waals surface area contributed by atoms with Crippen molar-refractivity contribution in [2.24, 2.45) is 11.3 Å². The normalized spacial score (nSPS) is 40.2. The van der Waals surface area contributed by atoms with Crippen LogP contribution in [-0.2, 0) is 33.2 Å². The highest BCUT2D eigenvalue weighted by atomic mass is 16.8. The van der Waals surface area contributed by atoms with E-state index in [4.69, 9.17) is 28.4 Å². The number of fused-ring (bicyclic) bond motifs is 1. The van der Waals surface area contributed by atoms with Gasteiger partial charge in [0, 0.05) is 19.4 Å². The summed E-state index contributed by atoms with van der Waals surface area (Å²) in [6.45, 7) is 1.35. The van der Waals surface area contributed by atoms with Gasteiger partial charge in [-0.2, -0.15) is 0 Å². The Bertz CT molecular complexity index is 1350.